The molecule has 90 valence electrons. The predicted octanol–water partition coefficient (Wildman–Crippen LogP) is 4.80. The van der Waals surface area contributed by atoms with E-state index in [1.54, 1.807) is 6.07 Å². The minimum absolute atomic E-state index is 0.0617. The van der Waals surface area contributed by atoms with Crippen LogP contribution in [-0.4, -0.2) is 4.98 Å². The minimum atomic E-state index is -4.40. The molecule has 2 rings (SSSR count). The zero-order valence-corrected chi connectivity index (χ0v) is 10.7. The van der Waals surface area contributed by atoms with Crippen LogP contribution in [0, 0.1) is 0 Å². The Balaban J connectivity index is 2.81. The normalized spacial score (nSPS) is 12.1. The molecule has 0 aliphatic heterocycles. The van der Waals surface area contributed by atoms with Crippen molar-refractivity contribution in [2.75, 3.05) is 0 Å². The van der Waals surface area contributed by atoms with E-state index < -0.39 is 11.7 Å². The van der Waals surface area contributed by atoms with Crippen LogP contribution >= 0.6 is 27.5 Å². The first kappa shape index (κ1) is 12.6. The van der Waals surface area contributed by atoms with Gasteiger partial charge in [-0.05, 0) is 29.8 Å². The van der Waals surface area contributed by atoms with E-state index in [-0.39, 0.29) is 16.1 Å². The number of benzene rings is 1. The van der Waals surface area contributed by atoms with Crippen molar-refractivity contribution in [3.05, 3.63) is 40.5 Å². The largest absolute Gasteiger partial charge is 0.417 e. The third-order valence-electron chi connectivity index (χ3n) is 2.29. The Hall–Kier alpha value is -0.810. The zero-order valence-electron chi connectivity index (χ0n) is 8.35. The number of aromatic nitrogens is 1. The van der Waals surface area contributed by atoms with E-state index in [9.17, 15) is 13.2 Å². The summed E-state index contributed by atoms with van der Waals surface area (Å²) in [5.74, 6) is 0. The first-order chi connectivity index (χ1) is 7.91. The first-order valence-corrected chi connectivity index (χ1v) is 6.14. The van der Waals surface area contributed by atoms with Crippen LogP contribution in [-0.2, 0) is 11.5 Å². The quantitative estimate of drug-likeness (QED) is 0.542. The van der Waals surface area contributed by atoms with Gasteiger partial charge in [0, 0.05) is 10.7 Å². The van der Waals surface area contributed by atoms with E-state index in [0.29, 0.717) is 10.9 Å². The summed E-state index contributed by atoms with van der Waals surface area (Å²) in [7, 11) is 0. The van der Waals surface area contributed by atoms with Gasteiger partial charge < -0.3 is 0 Å². The first-order valence-electron chi connectivity index (χ1n) is 4.64. The molecule has 0 saturated carbocycles. The number of fused-ring (bicyclic) bond motifs is 1. The minimum Gasteiger partial charge on any atom is -0.236 e. The molecule has 0 N–H and O–H groups in total. The zero-order chi connectivity index (χ0) is 12.6. The van der Waals surface area contributed by atoms with Crippen molar-refractivity contribution in [3.63, 3.8) is 0 Å². The molecule has 1 aromatic carbocycles. The SMILES string of the molecule is FC(F)(F)c1cc(CBr)cc2nc(Cl)ccc12. The highest BCUT2D eigenvalue weighted by Crippen LogP contribution is 2.36. The van der Waals surface area contributed by atoms with Crippen molar-refractivity contribution in [3.8, 4) is 0 Å². The van der Waals surface area contributed by atoms with Gasteiger partial charge in [0.1, 0.15) is 5.15 Å². The molecule has 1 aromatic heterocycles. The summed E-state index contributed by atoms with van der Waals surface area (Å²) in [5, 5.41) is 0.573. The van der Waals surface area contributed by atoms with Crippen LogP contribution in [0.5, 0.6) is 0 Å². The van der Waals surface area contributed by atoms with Crippen LogP contribution in [0.3, 0.4) is 0 Å². The fourth-order valence-electron chi connectivity index (χ4n) is 1.58. The number of nitrogens with zero attached hydrogens (tertiary/aromatic N) is 1. The molecule has 17 heavy (non-hydrogen) atoms. The summed E-state index contributed by atoms with van der Waals surface area (Å²) in [6, 6.07) is 5.40. The monoisotopic (exact) mass is 323 g/mol. The maximum atomic E-state index is 12.9. The van der Waals surface area contributed by atoms with Crippen LogP contribution < -0.4 is 0 Å². The highest BCUT2D eigenvalue weighted by Gasteiger charge is 2.33. The molecule has 2 aromatic rings. The maximum Gasteiger partial charge on any atom is 0.417 e. The molecule has 0 atom stereocenters. The molecule has 0 fully saturated rings. The Morgan fingerprint density at radius 1 is 1.24 bits per heavy atom. The summed E-state index contributed by atoms with van der Waals surface area (Å²) in [6.07, 6.45) is -4.40. The Kier molecular flexibility index (Phi) is 3.32. The third kappa shape index (κ3) is 2.55. The highest BCUT2D eigenvalue weighted by molar-refractivity contribution is 9.08. The van der Waals surface area contributed by atoms with Crippen molar-refractivity contribution in [2.45, 2.75) is 11.5 Å². The molecular weight excluding hydrogens is 318 g/mol. The van der Waals surface area contributed by atoms with Gasteiger partial charge in [-0.2, -0.15) is 13.2 Å². The summed E-state index contributed by atoms with van der Waals surface area (Å²) < 4.78 is 38.6. The topological polar surface area (TPSA) is 12.9 Å². The maximum absolute atomic E-state index is 12.9. The van der Waals surface area contributed by atoms with Crippen LogP contribution in [0.1, 0.15) is 11.1 Å². The molecule has 0 unspecified atom stereocenters. The summed E-state index contributed by atoms with van der Waals surface area (Å²) >= 11 is 8.81. The van der Waals surface area contributed by atoms with Gasteiger partial charge >= 0.3 is 6.18 Å². The van der Waals surface area contributed by atoms with E-state index >= 15 is 0 Å². The molecular formula is C11H6BrClF3N. The molecule has 0 saturated heterocycles. The second-order valence-corrected chi connectivity index (χ2v) is 4.42. The van der Waals surface area contributed by atoms with E-state index in [1.807, 2.05) is 0 Å². The number of pyridine rings is 1. The van der Waals surface area contributed by atoms with Gasteiger partial charge in [0.15, 0.2) is 0 Å². The van der Waals surface area contributed by atoms with Crippen LogP contribution in [0.15, 0.2) is 24.3 Å². The standard InChI is InChI=1S/C11H6BrClF3N/c12-5-6-3-8(11(14,15)16)7-1-2-10(13)17-9(7)4-6/h1-4H,5H2. The van der Waals surface area contributed by atoms with E-state index in [2.05, 4.69) is 20.9 Å². The molecule has 0 spiro atoms. The van der Waals surface area contributed by atoms with Crippen LogP contribution in [0.4, 0.5) is 13.2 Å². The van der Waals surface area contributed by atoms with Crippen molar-refractivity contribution in [1.29, 1.82) is 0 Å². The van der Waals surface area contributed by atoms with E-state index in [4.69, 9.17) is 11.6 Å². The van der Waals surface area contributed by atoms with Crippen molar-refractivity contribution >= 4 is 38.4 Å². The van der Waals surface area contributed by atoms with Crippen LogP contribution in [0.2, 0.25) is 5.15 Å². The van der Waals surface area contributed by atoms with Gasteiger partial charge in [0.25, 0.3) is 0 Å². The van der Waals surface area contributed by atoms with Crippen LogP contribution in [0.25, 0.3) is 10.9 Å². The van der Waals surface area contributed by atoms with Crippen molar-refractivity contribution in [2.24, 2.45) is 0 Å². The smallest absolute Gasteiger partial charge is 0.236 e. The third-order valence-corrected chi connectivity index (χ3v) is 3.15. The Morgan fingerprint density at radius 3 is 2.53 bits per heavy atom. The lowest BCUT2D eigenvalue weighted by molar-refractivity contribution is -0.136. The number of rotatable bonds is 1. The van der Waals surface area contributed by atoms with Gasteiger partial charge in [0.05, 0.1) is 11.1 Å². The second-order valence-electron chi connectivity index (χ2n) is 3.48. The molecule has 0 amide bonds. The lowest BCUT2D eigenvalue weighted by Gasteiger charge is -2.11. The Morgan fingerprint density at radius 2 is 1.94 bits per heavy atom. The second kappa shape index (κ2) is 4.46. The molecule has 1 nitrogen and oxygen atoms in total. The summed E-state index contributed by atoms with van der Waals surface area (Å²) in [5.41, 5.74) is 0.0787. The van der Waals surface area contributed by atoms with Crippen molar-refractivity contribution < 1.29 is 13.2 Å². The Labute approximate surface area is 109 Å². The molecule has 0 aliphatic carbocycles. The highest BCUT2D eigenvalue weighted by atomic mass is 79.9. The lowest BCUT2D eigenvalue weighted by atomic mass is 10.0. The van der Waals surface area contributed by atoms with Gasteiger partial charge in [0.2, 0.25) is 0 Å². The number of hydrogen-bond donors (Lipinski definition) is 0. The fourth-order valence-corrected chi connectivity index (χ4v) is 2.06. The van der Waals surface area contributed by atoms with Gasteiger partial charge in [-0.3, -0.25) is 0 Å². The molecule has 1 heterocycles. The van der Waals surface area contributed by atoms with E-state index in [0.717, 1.165) is 6.07 Å². The molecule has 6 heteroatoms. The fraction of sp³-hybridized carbons (Fsp3) is 0.182. The number of hydrogen-bond acceptors (Lipinski definition) is 1. The molecule has 0 aliphatic rings. The van der Waals surface area contributed by atoms with E-state index in [1.165, 1.54) is 12.1 Å². The average molecular weight is 325 g/mol. The summed E-state index contributed by atoms with van der Waals surface area (Å²) in [4.78, 5) is 3.90. The number of alkyl halides is 4. The predicted molar refractivity (Wildman–Crippen MR) is 64.4 cm³/mol. The van der Waals surface area contributed by atoms with Crippen molar-refractivity contribution in [1.82, 2.24) is 4.98 Å². The van der Waals surface area contributed by atoms with Gasteiger partial charge in [-0.1, -0.05) is 27.5 Å². The summed E-state index contributed by atoms with van der Waals surface area (Å²) in [6.45, 7) is 0. The number of halogens is 5. The molecule has 0 bridgehead atoms. The average Bonchev–Trinajstić information content (AvgIpc) is 2.25. The lowest BCUT2D eigenvalue weighted by Crippen LogP contribution is -2.07. The molecule has 0 radical (unpaired) electrons. The van der Waals surface area contributed by atoms with Gasteiger partial charge in [-0.15, -0.1) is 0 Å². The Bertz CT molecular complexity index is 568. The van der Waals surface area contributed by atoms with Gasteiger partial charge in [-0.25, -0.2) is 4.98 Å².